The second-order valence-electron chi connectivity index (χ2n) is 6.81. The molecule has 2 aromatic carbocycles. The van der Waals surface area contributed by atoms with Crippen molar-refractivity contribution in [2.75, 3.05) is 40.8 Å². The van der Waals surface area contributed by atoms with Crippen LogP contribution in [0, 0.1) is 0 Å². The van der Waals surface area contributed by atoms with Crippen molar-refractivity contribution in [2.45, 2.75) is 6.42 Å². The quantitative estimate of drug-likeness (QED) is 0.341. The molecule has 0 aliphatic rings. The van der Waals surface area contributed by atoms with Crippen LogP contribution in [-0.2, 0) is 6.42 Å². The molecule has 2 aromatic rings. The van der Waals surface area contributed by atoms with E-state index in [1.807, 2.05) is 24.3 Å². The van der Waals surface area contributed by atoms with Gasteiger partial charge in [-0.25, -0.2) is 0 Å². The third kappa shape index (κ3) is 7.08. The number of carbonyl (C=O) groups excluding carboxylic acids is 2. The lowest BCUT2D eigenvalue weighted by atomic mass is 10.1. The van der Waals surface area contributed by atoms with Gasteiger partial charge in [-0.3, -0.25) is 14.6 Å². The Kier molecular flexibility index (Phi) is 9.15. The van der Waals surface area contributed by atoms with Crippen molar-refractivity contribution in [3.63, 3.8) is 0 Å². The normalized spacial score (nSPS) is 11.0. The number of aliphatic imine (C=N–C) groups is 1. The number of carbonyl (C=O) groups is 2. The summed E-state index contributed by atoms with van der Waals surface area (Å²) in [6.07, 6.45) is 0.749. The average Bonchev–Trinajstić information content (AvgIpc) is 2.75. The number of rotatable bonds is 8. The maximum Gasteiger partial charge on any atom is 0.253 e. The Morgan fingerprint density at radius 3 is 2.37 bits per heavy atom. The van der Waals surface area contributed by atoms with Gasteiger partial charge in [-0.05, 0) is 36.2 Å². The van der Waals surface area contributed by atoms with Gasteiger partial charge in [0.1, 0.15) is 0 Å². The van der Waals surface area contributed by atoms with Gasteiger partial charge in [0.15, 0.2) is 5.96 Å². The Morgan fingerprint density at radius 1 is 0.967 bits per heavy atom. The standard InChI is InChI=1S/C22H28ClN5O2/c1-24-22(27-14-13-25-20(29)18-9-4-5-10-19(18)23)26-12-11-16-7-6-8-17(15-16)21(30)28(2)3/h4-10,15H,11-14H2,1-3H3,(H,25,29)(H2,24,26,27). The molecule has 0 aliphatic heterocycles. The Balaban J connectivity index is 1.73. The lowest BCUT2D eigenvalue weighted by molar-refractivity contribution is 0.0827. The van der Waals surface area contributed by atoms with Gasteiger partial charge in [-0.2, -0.15) is 0 Å². The van der Waals surface area contributed by atoms with Gasteiger partial charge in [-0.15, -0.1) is 0 Å². The van der Waals surface area contributed by atoms with Crippen molar-refractivity contribution in [3.05, 3.63) is 70.2 Å². The summed E-state index contributed by atoms with van der Waals surface area (Å²) in [5.74, 6) is 0.418. The highest BCUT2D eigenvalue weighted by Crippen LogP contribution is 2.14. The Bertz CT molecular complexity index is 899. The number of nitrogens with one attached hydrogen (secondary N) is 3. The predicted molar refractivity (Wildman–Crippen MR) is 121 cm³/mol. The van der Waals surface area contributed by atoms with Crippen LogP contribution in [-0.4, -0.2) is 63.5 Å². The van der Waals surface area contributed by atoms with E-state index >= 15 is 0 Å². The summed E-state index contributed by atoms with van der Waals surface area (Å²) in [6, 6.07) is 14.5. The van der Waals surface area contributed by atoms with Crippen LogP contribution in [0.2, 0.25) is 5.02 Å². The van der Waals surface area contributed by atoms with Gasteiger partial charge < -0.3 is 20.9 Å². The molecule has 3 N–H and O–H groups in total. The van der Waals surface area contributed by atoms with Crippen molar-refractivity contribution in [1.29, 1.82) is 0 Å². The molecule has 0 bridgehead atoms. The zero-order chi connectivity index (χ0) is 21.9. The zero-order valence-corrected chi connectivity index (χ0v) is 18.3. The molecular formula is C22H28ClN5O2. The fraction of sp³-hybridized carbons (Fsp3) is 0.318. The molecule has 160 valence electrons. The van der Waals surface area contributed by atoms with Gasteiger partial charge in [0, 0.05) is 46.3 Å². The molecule has 8 heteroatoms. The fourth-order valence-electron chi connectivity index (χ4n) is 2.76. The van der Waals surface area contributed by atoms with Crippen molar-refractivity contribution < 1.29 is 9.59 Å². The minimum absolute atomic E-state index is 0.0128. The summed E-state index contributed by atoms with van der Waals surface area (Å²) in [6.45, 7) is 1.60. The van der Waals surface area contributed by atoms with E-state index in [9.17, 15) is 9.59 Å². The molecule has 30 heavy (non-hydrogen) atoms. The monoisotopic (exact) mass is 429 g/mol. The Morgan fingerprint density at radius 2 is 1.67 bits per heavy atom. The molecule has 0 saturated heterocycles. The predicted octanol–water partition coefficient (Wildman–Crippen LogP) is 2.18. The van der Waals surface area contributed by atoms with E-state index in [1.54, 1.807) is 50.3 Å². The number of nitrogens with zero attached hydrogens (tertiary/aromatic N) is 2. The molecule has 0 aliphatic carbocycles. The van der Waals surface area contributed by atoms with Crippen molar-refractivity contribution in [1.82, 2.24) is 20.9 Å². The minimum Gasteiger partial charge on any atom is -0.356 e. The van der Waals surface area contributed by atoms with E-state index in [0.717, 1.165) is 12.0 Å². The molecule has 0 atom stereocenters. The number of halogens is 1. The maximum absolute atomic E-state index is 12.1. The molecule has 7 nitrogen and oxygen atoms in total. The van der Waals surface area contributed by atoms with Crippen LogP contribution in [0.1, 0.15) is 26.3 Å². The summed E-state index contributed by atoms with van der Waals surface area (Å²) in [4.78, 5) is 29.9. The third-order valence-corrected chi connectivity index (χ3v) is 4.66. The number of guanidine groups is 1. The number of hydrogen-bond donors (Lipinski definition) is 3. The highest BCUT2D eigenvalue weighted by atomic mass is 35.5. The molecule has 0 fully saturated rings. The molecule has 0 unspecified atom stereocenters. The lowest BCUT2D eigenvalue weighted by Gasteiger charge is -2.13. The van der Waals surface area contributed by atoms with E-state index in [0.29, 0.717) is 41.7 Å². The van der Waals surface area contributed by atoms with Crippen LogP contribution in [0.5, 0.6) is 0 Å². The second-order valence-corrected chi connectivity index (χ2v) is 7.22. The lowest BCUT2D eigenvalue weighted by Crippen LogP contribution is -2.42. The van der Waals surface area contributed by atoms with Crippen LogP contribution in [0.3, 0.4) is 0 Å². The van der Waals surface area contributed by atoms with Gasteiger partial charge in [0.05, 0.1) is 10.6 Å². The Labute approximate surface area is 182 Å². The first kappa shape index (κ1) is 23.2. The molecule has 0 spiro atoms. The first-order valence-corrected chi connectivity index (χ1v) is 10.1. The van der Waals surface area contributed by atoms with Crippen LogP contribution in [0.4, 0.5) is 0 Å². The zero-order valence-electron chi connectivity index (χ0n) is 17.5. The number of benzene rings is 2. The molecule has 0 heterocycles. The largest absolute Gasteiger partial charge is 0.356 e. The van der Waals surface area contributed by atoms with Gasteiger partial charge in [-0.1, -0.05) is 35.9 Å². The third-order valence-electron chi connectivity index (χ3n) is 4.33. The van der Waals surface area contributed by atoms with E-state index in [2.05, 4.69) is 20.9 Å². The fourth-order valence-corrected chi connectivity index (χ4v) is 2.98. The van der Waals surface area contributed by atoms with Gasteiger partial charge >= 0.3 is 0 Å². The van der Waals surface area contributed by atoms with Crippen LogP contribution in [0.15, 0.2) is 53.5 Å². The summed E-state index contributed by atoms with van der Waals surface area (Å²) in [7, 11) is 5.17. The second kappa shape index (κ2) is 11.8. The number of hydrogen-bond acceptors (Lipinski definition) is 3. The van der Waals surface area contributed by atoms with Crippen LogP contribution >= 0.6 is 11.6 Å². The van der Waals surface area contributed by atoms with Crippen molar-refractivity contribution in [3.8, 4) is 0 Å². The Hall–Kier alpha value is -3.06. The molecule has 2 rings (SSSR count). The molecule has 2 amide bonds. The SMILES string of the molecule is CN=C(NCCNC(=O)c1ccccc1Cl)NCCc1cccc(C(=O)N(C)C)c1. The van der Waals surface area contributed by atoms with E-state index in [-0.39, 0.29) is 11.8 Å². The van der Waals surface area contributed by atoms with Crippen LogP contribution in [0.25, 0.3) is 0 Å². The topological polar surface area (TPSA) is 85.8 Å². The van der Waals surface area contributed by atoms with E-state index in [1.165, 1.54) is 0 Å². The highest BCUT2D eigenvalue weighted by molar-refractivity contribution is 6.33. The molecule has 0 radical (unpaired) electrons. The van der Waals surface area contributed by atoms with Crippen molar-refractivity contribution >= 4 is 29.4 Å². The highest BCUT2D eigenvalue weighted by Gasteiger charge is 2.09. The number of amides is 2. The van der Waals surface area contributed by atoms with E-state index < -0.39 is 0 Å². The summed E-state index contributed by atoms with van der Waals surface area (Å²) >= 11 is 6.03. The summed E-state index contributed by atoms with van der Waals surface area (Å²) in [5.41, 5.74) is 2.20. The van der Waals surface area contributed by atoms with Gasteiger partial charge in [0.25, 0.3) is 11.8 Å². The molecule has 0 aromatic heterocycles. The maximum atomic E-state index is 12.1. The van der Waals surface area contributed by atoms with E-state index in [4.69, 9.17) is 11.6 Å². The average molecular weight is 430 g/mol. The van der Waals surface area contributed by atoms with Crippen LogP contribution < -0.4 is 16.0 Å². The molecule has 0 saturated carbocycles. The molecular weight excluding hydrogens is 402 g/mol. The smallest absolute Gasteiger partial charge is 0.253 e. The first-order valence-electron chi connectivity index (χ1n) is 9.70. The summed E-state index contributed by atoms with van der Waals surface area (Å²) < 4.78 is 0. The minimum atomic E-state index is -0.211. The van der Waals surface area contributed by atoms with Crippen molar-refractivity contribution in [2.24, 2.45) is 4.99 Å². The van der Waals surface area contributed by atoms with Gasteiger partial charge in [0.2, 0.25) is 0 Å². The first-order chi connectivity index (χ1) is 14.4. The summed E-state index contributed by atoms with van der Waals surface area (Å²) in [5, 5.41) is 9.63.